The second-order valence-corrected chi connectivity index (χ2v) is 6.66. The maximum absolute atomic E-state index is 12.9. The first kappa shape index (κ1) is 18.2. The van der Waals surface area contributed by atoms with Gasteiger partial charge in [-0.3, -0.25) is 9.59 Å². The van der Waals surface area contributed by atoms with Crippen LogP contribution in [0.1, 0.15) is 54.0 Å². The summed E-state index contributed by atoms with van der Waals surface area (Å²) in [5, 5.41) is 6.69. The van der Waals surface area contributed by atoms with Crippen LogP contribution in [0.3, 0.4) is 0 Å². The fraction of sp³-hybridized carbons (Fsp3) is 0.556. The molecule has 1 saturated heterocycles. The number of aromatic nitrogens is 3. The Morgan fingerprint density at radius 3 is 2.92 bits per heavy atom. The van der Waals surface area contributed by atoms with Crippen LogP contribution in [0.5, 0.6) is 0 Å². The van der Waals surface area contributed by atoms with Crippen molar-refractivity contribution in [2.45, 2.75) is 52.1 Å². The highest BCUT2D eigenvalue weighted by Crippen LogP contribution is 2.17. The quantitative estimate of drug-likeness (QED) is 0.875. The molecule has 1 aliphatic rings. The third-order valence-electron chi connectivity index (χ3n) is 4.76. The highest BCUT2D eigenvalue weighted by molar-refractivity contribution is 5.98. The van der Waals surface area contributed by atoms with Crippen LogP contribution in [0.2, 0.25) is 0 Å². The van der Waals surface area contributed by atoms with E-state index in [1.54, 1.807) is 17.9 Å². The SMILES string of the molecule is CCc1c(C(=O)NC2CCCCN(Cc3nc(C)no3)C2=O)ccn1C. The van der Waals surface area contributed by atoms with Gasteiger partial charge in [-0.2, -0.15) is 4.98 Å². The third-order valence-corrected chi connectivity index (χ3v) is 4.76. The average molecular weight is 359 g/mol. The van der Waals surface area contributed by atoms with Gasteiger partial charge in [0.05, 0.1) is 5.56 Å². The van der Waals surface area contributed by atoms with Gasteiger partial charge < -0.3 is 19.3 Å². The summed E-state index contributed by atoms with van der Waals surface area (Å²) in [5.74, 6) is 0.666. The Morgan fingerprint density at radius 2 is 2.23 bits per heavy atom. The van der Waals surface area contributed by atoms with Crippen LogP contribution in [0.15, 0.2) is 16.8 Å². The molecule has 26 heavy (non-hydrogen) atoms. The van der Waals surface area contributed by atoms with E-state index in [1.165, 1.54) is 0 Å². The summed E-state index contributed by atoms with van der Waals surface area (Å²) in [6, 6.07) is 1.27. The Morgan fingerprint density at radius 1 is 1.42 bits per heavy atom. The van der Waals surface area contributed by atoms with E-state index in [2.05, 4.69) is 15.5 Å². The van der Waals surface area contributed by atoms with Crippen molar-refractivity contribution in [1.29, 1.82) is 0 Å². The number of aryl methyl sites for hydroxylation is 2. The number of nitrogens with zero attached hydrogens (tertiary/aromatic N) is 4. The fourth-order valence-corrected chi connectivity index (χ4v) is 3.41. The predicted octanol–water partition coefficient (Wildman–Crippen LogP) is 1.59. The van der Waals surface area contributed by atoms with Gasteiger partial charge in [0.15, 0.2) is 5.82 Å². The van der Waals surface area contributed by atoms with Gasteiger partial charge in [0.1, 0.15) is 12.6 Å². The molecule has 0 bridgehead atoms. The molecule has 1 unspecified atom stereocenters. The van der Waals surface area contributed by atoms with E-state index in [-0.39, 0.29) is 18.4 Å². The van der Waals surface area contributed by atoms with Crippen molar-refractivity contribution in [3.63, 3.8) is 0 Å². The van der Waals surface area contributed by atoms with Crippen LogP contribution >= 0.6 is 0 Å². The first-order valence-corrected chi connectivity index (χ1v) is 9.02. The molecule has 8 heteroatoms. The van der Waals surface area contributed by atoms with Crippen molar-refractivity contribution < 1.29 is 14.1 Å². The first-order chi connectivity index (χ1) is 12.5. The topological polar surface area (TPSA) is 93.3 Å². The van der Waals surface area contributed by atoms with Gasteiger partial charge in [-0.25, -0.2) is 0 Å². The molecule has 0 aliphatic carbocycles. The molecule has 0 spiro atoms. The molecule has 0 radical (unpaired) electrons. The summed E-state index contributed by atoms with van der Waals surface area (Å²) in [7, 11) is 1.92. The van der Waals surface area contributed by atoms with Crippen LogP contribution < -0.4 is 5.32 Å². The van der Waals surface area contributed by atoms with E-state index in [1.807, 2.05) is 24.7 Å². The second-order valence-electron chi connectivity index (χ2n) is 6.66. The van der Waals surface area contributed by atoms with Crippen molar-refractivity contribution >= 4 is 11.8 Å². The zero-order valence-electron chi connectivity index (χ0n) is 15.5. The summed E-state index contributed by atoms with van der Waals surface area (Å²) >= 11 is 0. The maximum atomic E-state index is 12.9. The zero-order chi connectivity index (χ0) is 18.7. The van der Waals surface area contributed by atoms with Crippen LogP contribution in [0.25, 0.3) is 0 Å². The van der Waals surface area contributed by atoms with Crippen LogP contribution in [-0.2, 0) is 24.8 Å². The molecule has 0 aromatic carbocycles. The minimum atomic E-state index is -0.529. The number of hydrogen-bond acceptors (Lipinski definition) is 5. The number of amides is 2. The Bertz CT molecular complexity index is 795. The molecule has 1 aliphatic heterocycles. The summed E-state index contributed by atoms with van der Waals surface area (Å²) in [6.45, 7) is 4.65. The van der Waals surface area contributed by atoms with Crippen LogP contribution in [-0.4, -0.2) is 44.0 Å². The first-order valence-electron chi connectivity index (χ1n) is 9.02. The van der Waals surface area contributed by atoms with E-state index in [9.17, 15) is 9.59 Å². The Labute approximate surface area is 152 Å². The lowest BCUT2D eigenvalue weighted by Crippen LogP contribution is -2.47. The Kier molecular flexibility index (Phi) is 5.39. The average Bonchev–Trinajstić information content (AvgIpc) is 3.15. The molecule has 0 saturated carbocycles. The smallest absolute Gasteiger partial charge is 0.253 e. The van der Waals surface area contributed by atoms with E-state index >= 15 is 0 Å². The lowest BCUT2D eigenvalue weighted by atomic mass is 10.1. The molecule has 2 amide bonds. The summed E-state index contributed by atoms with van der Waals surface area (Å²) in [6.07, 6.45) is 5.03. The van der Waals surface area contributed by atoms with Crippen molar-refractivity contribution in [1.82, 2.24) is 24.9 Å². The standard InChI is InChI=1S/C18H25N5O3/c1-4-15-13(8-10-22(15)3)17(24)20-14-7-5-6-9-23(18(14)25)11-16-19-12(2)21-26-16/h8,10,14H,4-7,9,11H2,1-3H3,(H,20,24). The van der Waals surface area contributed by atoms with Gasteiger partial charge in [0, 0.05) is 25.5 Å². The van der Waals surface area contributed by atoms with Gasteiger partial charge in [0.25, 0.3) is 5.91 Å². The molecular formula is C18H25N5O3. The third kappa shape index (κ3) is 3.79. The van der Waals surface area contributed by atoms with Crippen LogP contribution in [0, 0.1) is 6.92 Å². The Hall–Kier alpha value is -2.64. The normalized spacial score (nSPS) is 18.0. The van der Waals surface area contributed by atoms with Gasteiger partial charge in [-0.1, -0.05) is 12.1 Å². The van der Waals surface area contributed by atoms with Crippen molar-refractivity contribution in [2.75, 3.05) is 6.54 Å². The van der Waals surface area contributed by atoms with E-state index in [4.69, 9.17) is 4.52 Å². The van der Waals surface area contributed by atoms with E-state index in [0.717, 1.165) is 25.0 Å². The summed E-state index contributed by atoms with van der Waals surface area (Å²) in [4.78, 5) is 31.5. The molecule has 3 rings (SSSR count). The number of carbonyl (C=O) groups excluding carboxylic acids is 2. The highest BCUT2D eigenvalue weighted by Gasteiger charge is 2.30. The minimum absolute atomic E-state index is 0.0966. The largest absolute Gasteiger partial charge is 0.354 e. The molecule has 3 heterocycles. The molecule has 1 fully saturated rings. The summed E-state index contributed by atoms with van der Waals surface area (Å²) < 4.78 is 7.07. The zero-order valence-corrected chi connectivity index (χ0v) is 15.5. The van der Waals surface area contributed by atoms with E-state index in [0.29, 0.717) is 30.2 Å². The van der Waals surface area contributed by atoms with E-state index < -0.39 is 6.04 Å². The monoisotopic (exact) mass is 359 g/mol. The lowest BCUT2D eigenvalue weighted by Gasteiger charge is -2.23. The Balaban J connectivity index is 1.71. The number of likely N-dealkylation sites (tertiary alicyclic amines) is 1. The number of carbonyl (C=O) groups is 2. The second kappa shape index (κ2) is 7.72. The summed E-state index contributed by atoms with van der Waals surface area (Å²) in [5.41, 5.74) is 1.59. The molecular weight excluding hydrogens is 334 g/mol. The maximum Gasteiger partial charge on any atom is 0.253 e. The molecule has 140 valence electrons. The van der Waals surface area contributed by atoms with Gasteiger partial charge >= 0.3 is 0 Å². The van der Waals surface area contributed by atoms with Crippen molar-refractivity contribution in [3.05, 3.63) is 35.2 Å². The fourth-order valence-electron chi connectivity index (χ4n) is 3.41. The lowest BCUT2D eigenvalue weighted by molar-refractivity contribution is -0.133. The molecule has 8 nitrogen and oxygen atoms in total. The molecule has 2 aromatic rings. The van der Waals surface area contributed by atoms with Crippen molar-refractivity contribution in [2.24, 2.45) is 7.05 Å². The van der Waals surface area contributed by atoms with Gasteiger partial charge in [-0.15, -0.1) is 0 Å². The molecule has 1 atom stereocenters. The number of rotatable bonds is 5. The molecule has 1 N–H and O–H groups in total. The van der Waals surface area contributed by atoms with Gasteiger partial charge in [-0.05, 0) is 38.7 Å². The van der Waals surface area contributed by atoms with Crippen molar-refractivity contribution in [3.8, 4) is 0 Å². The van der Waals surface area contributed by atoms with Gasteiger partial charge in [0.2, 0.25) is 11.8 Å². The number of hydrogen-bond donors (Lipinski definition) is 1. The number of nitrogens with one attached hydrogen (secondary N) is 1. The predicted molar refractivity (Wildman–Crippen MR) is 94.3 cm³/mol. The minimum Gasteiger partial charge on any atom is -0.354 e. The van der Waals surface area contributed by atoms with Crippen LogP contribution in [0.4, 0.5) is 0 Å². The molecule has 2 aromatic heterocycles. The highest BCUT2D eigenvalue weighted by atomic mass is 16.5.